The Morgan fingerprint density at radius 3 is 2.62 bits per heavy atom. The van der Waals surface area contributed by atoms with E-state index >= 15 is 0 Å². The van der Waals surface area contributed by atoms with Gasteiger partial charge in [0.2, 0.25) is 0 Å². The number of nitrogens with zero attached hydrogens (tertiary/aromatic N) is 1. The number of aliphatic hydroxyl groups excluding tert-OH is 1. The Hall–Kier alpha value is -0.810. The third-order valence-corrected chi connectivity index (χ3v) is 4.96. The van der Waals surface area contributed by atoms with Crippen molar-refractivity contribution in [1.82, 2.24) is 15.5 Å². The number of carbonyl (C=O) groups is 1. The highest BCUT2D eigenvalue weighted by atomic mass is 16.3. The van der Waals surface area contributed by atoms with Gasteiger partial charge >= 0.3 is 6.03 Å². The minimum absolute atomic E-state index is 0.0438. The predicted octanol–water partition coefficient (Wildman–Crippen LogP) is 1.71. The van der Waals surface area contributed by atoms with E-state index in [-0.39, 0.29) is 24.7 Å². The largest absolute Gasteiger partial charge is 0.396 e. The van der Waals surface area contributed by atoms with Crippen molar-refractivity contribution in [3.05, 3.63) is 0 Å². The van der Waals surface area contributed by atoms with E-state index in [1.165, 1.54) is 25.7 Å². The van der Waals surface area contributed by atoms with Crippen molar-refractivity contribution in [2.24, 2.45) is 5.92 Å². The monoisotopic (exact) mass is 297 g/mol. The molecule has 2 fully saturated rings. The number of urea groups is 1. The van der Waals surface area contributed by atoms with E-state index in [1.54, 1.807) is 0 Å². The van der Waals surface area contributed by atoms with Gasteiger partial charge in [0.05, 0.1) is 0 Å². The second-order valence-corrected chi connectivity index (χ2v) is 6.90. The molecule has 2 unspecified atom stereocenters. The highest BCUT2D eigenvalue weighted by molar-refractivity contribution is 5.74. The van der Waals surface area contributed by atoms with Crippen LogP contribution in [0, 0.1) is 5.92 Å². The van der Waals surface area contributed by atoms with Crippen molar-refractivity contribution >= 4 is 6.03 Å². The van der Waals surface area contributed by atoms with Crippen molar-refractivity contribution in [2.75, 3.05) is 19.7 Å². The van der Waals surface area contributed by atoms with E-state index in [1.807, 2.05) is 0 Å². The molecule has 5 heteroatoms. The number of likely N-dealkylation sites (tertiary alicyclic amines) is 1. The summed E-state index contributed by atoms with van der Waals surface area (Å²) in [6.07, 6.45) is 7.03. The molecule has 2 amide bonds. The lowest BCUT2D eigenvalue weighted by Gasteiger charge is -2.25. The van der Waals surface area contributed by atoms with Crippen LogP contribution in [0.5, 0.6) is 0 Å². The Morgan fingerprint density at radius 2 is 2.00 bits per heavy atom. The van der Waals surface area contributed by atoms with Gasteiger partial charge in [0, 0.05) is 37.8 Å². The average molecular weight is 297 g/mol. The zero-order chi connectivity index (χ0) is 15.2. The molecule has 1 heterocycles. The maximum atomic E-state index is 12.1. The van der Waals surface area contributed by atoms with Crippen molar-refractivity contribution in [3.63, 3.8) is 0 Å². The van der Waals surface area contributed by atoms with Gasteiger partial charge in [-0.05, 0) is 31.6 Å². The summed E-state index contributed by atoms with van der Waals surface area (Å²) in [5.41, 5.74) is 0. The van der Waals surface area contributed by atoms with Gasteiger partial charge in [-0.1, -0.05) is 26.7 Å². The molecule has 21 heavy (non-hydrogen) atoms. The number of hydrogen-bond acceptors (Lipinski definition) is 3. The summed E-state index contributed by atoms with van der Waals surface area (Å²) in [5.74, 6) is 0.335. The molecule has 1 saturated heterocycles. The fraction of sp³-hybridized carbons (Fsp3) is 0.938. The predicted molar refractivity (Wildman–Crippen MR) is 84.2 cm³/mol. The lowest BCUT2D eigenvalue weighted by atomic mass is 10.0. The van der Waals surface area contributed by atoms with Crippen LogP contribution in [0.25, 0.3) is 0 Å². The van der Waals surface area contributed by atoms with Crippen LogP contribution in [0.1, 0.15) is 52.4 Å². The molecule has 0 aromatic carbocycles. The molecule has 0 bridgehead atoms. The van der Waals surface area contributed by atoms with Gasteiger partial charge in [-0.3, -0.25) is 4.90 Å². The second-order valence-electron chi connectivity index (χ2n) is 6.90. The van der Waals surface area contributed by atoms with Crippen molar-refractivity contribution in [3.8, 4) is 0 Å². The van der Waals surface area contributed by atoms with Crippen LogP contribution < -0.4 is 10.6 Å². The van der Waals surface area contributed by atoms with Crippen LogP contribution in [0.2, 0.25) is 0 Å². The highest BCUT2D eigenvalue weighted by Crippen LogP contribution is 2.26. The van der Waals surface area contributed by atoms with Crippen LogP contribution >= 0.6 is 0 Å². The Balaban J connectivity index is 1.72. The van der Waals surface area contributed by atoms with Crippen LogP contribution in [-0.2, 0) is 0 Å². The minimum atomic E-state index is -0.0829. The Kier molecular flexibility index (Phi) is 6.30. The fourth-order valence-corrected chi connectivity index (χ4v) is 3.61. The summed E-state index contributed by atoms with van der Waals surface area (Å²) in [6.45, 7) is 6.35. The summed E-state index contributed by atoms with van der Waals surface area (Å²) in [4.78, 5) is 14.6. The molecule has 3 N–H and O–H groups in total. The fourth-order valence-electron chi connectivity index (χ4n) is 3.61. The average Bonchev–Trinajstić information content (AvgIpc) is 3.08. The summed E-state index contributed by atoms with van der Waals surface area (Å²) in [5, 5.41) is 15.2. The summed E-state index contributed by atoms with van der Waals surface area (Å²) >= 11 is 0. The second kappa shape index (κ2) is 7.99. The number of amides is 2. The number of carbonyl (C=O) groups excluding carboxylic acids is 1. The van der Waals surface area contributed by atoms with E-state index < -0.39 is 0 Å². The minimum Gasteiger partial charge on any atom is -0.396 e. The van der Waals surface area contributed by atoms with Gasteiger partial charge in [0.25, 0.3) is 0 Å². The number of rotatable bonds is 6. The number of hydrogen-bond donors (Lipinski definition) is 3. The molecule has 2 rings (SSSR count). The van der Waals surface area contributed by atoms with Crippen molar-refractivity contribution < 1.29 is 9.90 Å². The molecule has 0 spiro atoms. The topological polar surface area (TPSA) is 64.6 Å². The van der Waals surface area contributed by atoms with Gasteiger partial charge in [-0.15, -0.1) is 0 Å². The van der Waals surface area contributed by atoms with Gasteiger partial charge < -0.3 is 15.7 Å². The maximum absolute atomic E-state index is 12.1. The van der Waals surface area contributed by atoms with Crippen molar-refractivity contribution in [2.45, 2.75) is 70.5 Å². The van der Waals surface area contributed by atoms with Crippen LogP contribution in [0.4, 0.5) is 4.79 Å². The van der Waals surface area contributed by atoms with E-state index in [0.717, 1.165) is 25.6 Å². The molecule has 0 radical (unpaired) electrons. The molecule has 0 aromatic rings. The first-order valence-electron chi connectivity index (χ1n) is 8.52. The summed E-state index contributed by atoms with van der Waals surface area (Å²) in [6, 6.07) is 0.980. The van der Waals surface area contributed by atoms with Gasteiger partial charge in [0.15, 0.2) is 0 Å². The van der Waals surface area contributed by atoms with E-state index in [0.29, 0.717) is 12.3 Å². The normalized spacial score (nSPS) is 25.4. The van der Waals surface area contributed by atoms with Gasteiger partial charge in [-0.2, -0.15) is 0 Å². The number of aliphatic hydroxyl groups is 1. The molecule has 1 aliphatic heterocycles. The van der Waals surface area contributed by atoms with E-state index in [2.05, 4.69) is 29.4 Å². The highest BCUT2D eigenvalue weighted by Gasteiger charge is 2.30. The molecular weight excluding hydrogens is 266 g/mol. The van der Waals surface area contributed by atoms with Crippen LogP contribution in [-0.4, -0.2) is 53.9 Å². The van der Waals surface area contributed by atoms with Crippen molar-refractivity contribution in [1.29, 1.82) is 0 Å². The smallest absolute Gasteiger partial charge is 0.315 e. The van der Waals surface area contributed by atoms with E-state index in [9.17, 15) is 4.79 Å². The van der Waals surface area contributed by atoms with E-state index in [4.69, 9.17) is 5.11 Å². The zero-order valence-electron chi connectivity index (χ0n) is 13.5. The number of nitrogens with one attached hydrogen (secondary N) is 2. The van der Waals surface area contributed by atoms with Crippen LogP contribution in [0.15, 0.2) is 0 Å². The molecule has 122 valence electrons. The van der Waals surface area contributed by atoms with Crippen LogP contribution in [0.3, 0.4) is 0 Å². The standard InChI is InChI=1S/C16H31N3O2/c1-12(2)15(8-10-20)18-16(21)17-13-7-9-19(11-13)14-5-3-4-6-14/h12-15,20H,3-11H2,1-2H3,(H2,17,18,21). The molecule has 1 aliphatic carbocycles. The lowest BCUT2D eigenvalue weighted by Crippen LogP contribution is -2.49. The molecule has 2 aliphatic rings. The Labute approximate surface area is 128 Å². The Bertz CT molecular complexity index is 329. The first-order chi connectivity index (χ1) is 10.1. The third kappa shape index (κ3) is 4.85. The molecule has 2 atom stereocenters. The molecular formula is C16H31N3O2. The first kappa shape index (κ1) is 16.6. The maximum Gasteiger partial charge on any atom is 0.315 e. The van der Waals surface area contributed by atoms with Gasteiger partial charge in [-0.25, -0.2) is 4.79 Å². The molecule has 5 nitrogen and oxygen atoms in total. The quantitative estimate of drug-likeness (QED) is 0.699. The molecule has 0 aromatic heterocycles. The third-order valence-electron chi connectivity index (χ3n) is 4.96. The zero-order valence-corrected chi connectivity index (χ0v) is 13.5. The summed E-state index contributed by atoms with van der Waals surface area (Å²) in [7, 11) is 0. The molecule has 1 saturated carbocycles. The van der Waals surface area contributed by atoms with Gasteiger partial charge in [0.1, 0.15) is 0 Å². The SMILES string of the molecule is CC(C)C(CCO)NC(=O)NC1CCN(C2CCCC2)C1. The lowest BCUT2D eigenvalue weighted by molar-refractivity contribution is 0.213. The first-order valence-corrected chi connectivity index (χ1v) is 8.52. The summed E-state index contributed by atoms with van der Waals surface area (Å²) < 4.78 is 0. The Morgan fingerprint density at radius 1 is 1.29 bits per heavy atom.